The zero-order valence-corrected chi connectivity index (χ0v) is 14.2. The van der Waals surface area contributed by atoms with Gasteiger partial charge in [-0.25, -0.2) is 0 Å². The zero-order chi connectivity index (χ0) is 16.7. The second-order valence-corrected chi connectivity index (χ2v) is 8.35. The summed E-state index contributed by atoms with van der Waals surface area (Å²) in [5.74, 6) is 0.106. The van der Waals surface area contributed by atoms with Gasteiger partial charge >= 0.3 is 0 Å². The molecule has 3 aliphatic carbocycles. The van der Waals surface area contributed by atoms with Crippen LogP contribution in [0.15, 0.2) is 18.2 Å². The molecule has 4 aliphatic rings. The molecule has 1 aromatic rings. The van der Waals surface area contributed by atoms with Crippen LogP contribution in [0.3, 0.4) is 0 Å². The summed E-state index contributed by atoms with van der Waals surface area (Å²) < 4.78 is 6.26. The van der Waals surface area contributed by atoms with Crippen molar-refractivity contribution >= 4 is 0 Å². The zero-order valence-electron chi connectivity index (χ0n) is 14.2. The van der Waals surface area contributed by atoms with E-state index in [0.717, 1.165) is 43.2 Å². The molecule has 1 heterocycles. The van der Waals surface area contributed by atoms with Gasteiger partial charge in [0.25, 0.3) is 0 Å². The van der Waals surface area contributed by atoms with Crippen molar-refractivity contribution in [2.45, 2.75) is 75.5 Å². The fourth-order valence-electron chi connectivity index (χ4n) is 6.58. The summed E-state index contributed by atoms with van der Waals surface area (Å²) in [5.41, 5.74) is 1.59. The average Bonchev–Trinajstić information content (AvgIpc) is 3.23. The number of hydrogen-bond donors (Lipinski definition) is 3. The SMILES string of the molecule is CCC12C[C@H]3O[C@]34c3ccc(CO)cc3CC[C@]4(O)C1CCC2O. The molecule has 0 aromatic heterocycles. The molecule has 0 amide bonds. The van der Waals surface area contributed by atoms with E-state index in [2.05, 4.69) is 19.1 Å². The number of aliphatic hydroxyl groups is 3. The van der Waals surface area contributed by atoms with Gasteiger partial charge in [-0.3, -0.25) is 0 Å². The van der Waals surface area contributed by atoms with Gasteiger partial charge in [0.1, 0.15) is 11.2 Å². The Hall–Kier alpha value is -0.940. The van der Waals surface area contributed by atoms with E-state index in [1.54, 1.807) is 0 Å². The van der Waals surface area contributed by atoms with Crippen molar-refractivity contribution in [3.8, 4) is 0 Å². The van der Waals surface area contributed by atoms with Crippen LogP contribution in [0.1, 0.15) is 55.7 Å². The maximum absolute atomic E-state index is 11.9. The molecule has 3 fully saturated rings. The van der Waals surface area contributed by atoms with Crippen LogP contribution in [0, 0.1) is 11.3 Å². The molecule has 2 saturated carbocycles. The molecule has 1 spiro atoms. The minimum absolute atomic E-state index is 0.00507. The van der Waals surface area contributed by atoms with Crippen molar-refractivity contribution in [3.63, 3.8) is 0 Å². The first-order valence-electron chi connectivity index (χ1n) is 9.33. The Labute approximate surface area is 142 Å². The quantitative estimate of drug-likeness (QED) is 0.726. The van der Waals surface area contributed by atoms with Gasteiger partial charge in [-0.1, -0.05) is 25.1 Å². The monoisotopic (exact) mass is 330 g/mol. The summed E-state index contributed by atoms with van der Waals surface area (Å²) in [6.45, 7) is 2.19. The maximum Gasteiger partial charge on any atom is 0.149 e. The lowest BCUT2D eigenvalue weighted by Gasteiger charge is -2.54. The summed E-state index contributed by atoms with van der Waals surface area (Å²) in [6, 6.07) is 6.06. The molecule has 5 rings (SSSR count). The van der Waals surface area contributed by atoms with Gasteiger partial charge in [0.05, 0.1) is 18.8 Å². The largest absolute Gasteiger partial charge is 0.393 e. The maximum atomic E-state index is 11.9. The highest BCUT2D eigenvalue weighted by Gasteiger charge is 2.80. The topological polar surface area (TPSA) is 73.2 Å². The van der Waals surface area contributed by atoms with Crippen molar-refractivity contribution in [2.75, 3.05) is 0 Å². The summed E-state index contributed by atoms with van der Waals surface area (Å²) >= 11 is 0. The second kappa shape index (κ2) is 4.61. The van der Waals surface area contributed by atoms with Gasteiger partial charge in [0.15, 0.2) is 0 Å². The molecule has 0 radical (unpaired) electrons. The van der Waals surface area contributed by atoms with Crippen LogP contribution < -0.4 is 0 Å². The van der Waals surface area contributed by atoms with Crippen molar-refractivity contribution in [3.05, 3.63) is 34.9 Å². The molecule has 3 unspecified atom stereocenters. The molecule has 0 bridgehead atoms. The summed E-state index contributed by atoms with van der Waals surface area (Å²) in [7, 11) is 0. The molecule has 4 nitrogen and oxygen atoms in total. The number of aliphatic hydroxyl groups excluding tert-OH is 2. The summed E-state index contributed by atoms with van der Waals surface area (Å²) in [5, 5.41) is 32.0. The second-order valence-electron chi connectivity index (χ2n) is 8.35. The Bertz CT molecular complexity index is 703. The van der Waals surface area contributed by atoms with Crippen molar-refractivity contribution in [2.24, 2.45) is 11.3 Å². The van der Waals surface area contributed by atoms with E-state index in [4.69, 9.17) is 4.74 Å². The molecule has 1 aromatic carbocycles. The number of benzene rings is 1. The lowest BCUT2D eigenvalue weighted by Crippen LogP contribution is -2.62. The van der Waals surface area contributed by atoms with Crippen LogP contribution in [-0.2, 0) is 23.4 Å². The van der Waals surface area contributed by atoms with Gasteiger partial charge < -0.3 is 20.1 Å². The number of epoxide rings is 1. The highest BCUT2D eigenvalue weighted by molar-refractivity contribution is 5.48. The highest BCUT2D eigenvalue weighted by Crippen LogP contribution is 2.73. The van der Waals surface area contributed by atoms with E-state index in [0.29, 0.717) is 6.42 Å². The number of ether oxygens (including phenoxy) is 1. The molecule has 3 N–H and O–H groups in total. The molecule has 1 saturated heterocycles. The Morgan fingerprint density at radius 2 is 2.12 bits per heavy atom. The number of rotatable bonds is 2. The van der Waals surface area contributed by atoms with Gasteiger partial charge in [-0.15, -0.1) is 0 Å². The third-order valence-electron chi connectivity index (χ3n) is 7.78. The van der Waals surface area contributed by atoms with Gasteiger partial charge in [0, 0.05) is 5.41 Å². The number of fused-ring (bicyclic) bond motifs is 3. The first kappa shape index (κ1) is 15.3. The molecule has 24 heavy (non-hydrogen) atoms. The van der Waals surface area contributed by atoms with Crippen molar-refractivity contribution in [1.82, 2.24) is 0 Å². The predicted molar refractivity (Wildman–Crippen MR) is 88.3 cm³/mol. The van der Waals surface area contributed by atoms with Crippen molar-refractivity contribution in [1.29, 1.82) is 0 Å². The first-order valence-corrected chi connectivity index (χ1v) is 9.33. The third-order valence-corrected chi connectivity index (χ3v) is 7.78. The van der Waals surface area contributed by atoms with Crippen LogP contribution in [-0.4, -0.2) is 33.1 Å². The standard InChI is InChI=1S/C20H26O4/c1-2-18-10-17-20(24-17)14-4-3-12(11-21)9-13(14)7-8-19(20,23)15(18)5-6-16(18)22/h3-4,9,15-17,21-23H,2,5-8,10-11H2,1H3/t15?,16?,17-,18?,19+,20-/m1/s1. The molecule has 4 heteroatoms. The predicted octanol–water partition coefficient (Wildman–Crippen LogP) is 2.02. The minimum Gasteiger partial charge on any atom is -0.393 e. The van der Waals surface area contributed by atoms with Crippen LogP contribution >= 0.6 is 0 Å². The average molecular weight is 330 g/mol. The Morgan fingerprint density at radius 1 is 1.29 bits per heavy atom. The molecular weight excluding hydrogens is 304 g/mol. The molecule has 1 aliphatic heterocycles. The van der Waals surface area contributed by atoms with Gasteiger partial charge in [-0.2, -0.15) is 0 Å². The highest BCUT2D eigenvalue weighted by atomic mass is 16.6. The van der Waals surface area contributed by atoms with Crippen LogP contribution in [0.2, 0.25) is 0 Å². The number of hydrogen-bond acceptors (Lipinski definition) is 4. The third kappa shape index (κ3) is 1.50. The van der Waals surface area contributed by atoms with E-state index in [1.165, 1.54) is 5.56 Å². The van der Waals surface area contributed by atoms with E-state index >= 15 is 0 Å². The fourth-order valence-corrected chi connectivity index (χ4v) is 6.58. The van der Waals surface area contributed by atoms with E-state index in [-0.39, 0.29) is 30.1 Å². The molecular formula is C20H26O4. The van der Waals surface area contributed by atoms with Crippen LogP contribution in [0.5, 0.6) is 0 Å². The Balaban J connectivity index is 1.65. The molecule has 6 atom stereocenters. The summed E-state index contributed by atoms with van der Waals surface area (Å²) in [6.07, 6.45) is 4.59. The lowest BCUT2D eigenvalue weighted by molar-refractivity contribution is -0.157. The van der Waals surface area contributed by atoms with E-state index in [1.807, 2.05) is 6.07 Å². The fraction of sp³-hybridized carbons (Fsp3) is 0.700. The first-order chi connectivity index (χ1) is 11.5. The lowest BCUT2D eigenvalue weighted by atomic mass is 9.51. The van der Waals surface area contributed by atoms with E-state index in [9.17, 15) is 15.3 Å². The number of aryl methyl sites for hydroxylation is 1. The van der Waals surface area contributed by atoms with Gasteiger partial charge in [0.2, 0.25) is 0 Å². The van der Waals surface area contributed by atoms with Crippen LogP contribution in [0.4, 0.5) is 0 Å². The van der Waals surface area contributed by atoms with Gasteiger partial charge in [-0.05, 0) is 61.1 Å². The van der Waals surface area contributed by atoms with Crippen LogP contribution in [0.25, 0.3) is 0 Å². The normalized spacial score (nSPS) is 48.2. The van der Waals surface area contributed by atoms with Crippen molar-refractivity contribution < 1.29 is 20.1 Å². The smallest absolute Gasteiger partial charge is 0.149 e. The minimum atomic E-state index is -0.878. The van der Waals surface area contributed by atoms with E-state index < -0.39 is 11.2 Å². The summed E-state index contributed by atoms with van der Waals surface area (Å²) in [4.78, 5) is 0. The Kier molecular flexibility index (Phi) is 2.94. The Morgan fingerprint density at radius 3 is 2.88 bits per heavy atom. The molecule has 130 valence electrons.